The third-order valence-electron chi connectivity index (χ3n) is 4.38. The summed E-state index contributed by atoms with van der Waals surface area (Å²) in [5, 5.41) is 3.57. The number of nitrogens with one attached hydrogen (secondary N) is 1. The Hall–Kier alpha value is -2.92. The molecule has 1 aromatic heterocycles. The summed E-state index contributed by atoms with van der Waals surface area (Å²) in [7, 11) is 0. The molecule has 3 rings (SSSR count). The van der Waals surface area contributed by atoms with Crippen LogP contribution in [-0.2, 0) is 13.0 Å². The summed E-state index contributed by atoms with van der Waals surface area (Å²) in [5.41, 5.74) is 2.59. The molecular weight excluding hydrogens is 372 g/mol. The van der Waals surface area contributed by atoms with Crippen LogP contribution < -0.4 is 10.2 Å². The van der Waals surface area contributed by atoms with Gasteiger partial charge in [-0.25, -0.2) is 9.97 Å². The van der Waals surface area contributed by atoms with E-state index in [-0.39, 0.29) is 5.91 Å². The fourth-order valence-electron chi connectivity index (χ4n) is 2.86. The summed E-state index contributed by atoms with van der Waals surface area (Å²) in [4.78, 5) is 23.1. The van der Waals surface area contributed by atoms with E-state index in [2.05, 4.69) is 39.2 Å². The fraction of sp³-hybridized carbons (Fsp3) is 0.227. The molecule has 0 unspecified atom stereocenters. The molecule has 0 saturated carbocycles. The number of carbonyl (C=O) groups is 1. The molecule has 0 aliphatic carbocycles. The van der Waals surface area contributed by atoms with Gasteiger partial charge in [0.1, 0.15) is 11.5 Å². The first-order valence-corrected chi connectivity index (χ1v) is 9.67. The molecule has 6 heteroatoms. The first-order chi connectivity index (χ1) is 13.7. The predicted octanol–water partition coefficient (Wildman–Crippen LogP) is 4.13. The SMILES string of the molecule is CCN(Cc1ccccc1)c1cnc(C(=O)NCCc2cccc(Cl)c2)cn1. The van der Waals surface area contributed by atoms with E-state index >= 15 is 0 Å². The molecule has 5 nitrogen and oxygen atoms in total. The first kappa shape index (κ1) is 19.8. The van der Waals surface area contributed by atoms with Gasteiger partial charge in [0.25, 0.3) is 5.91 Å². The van der Waals surface area contributed by atoms with E-state index in [0.29, 0.717) is 23.7 Å². The number of rotatable bonds is 8. The molecule has 1 N–H and O–H groups in total. The largest absolute Gasteiger partial charge is 0.351 e. The number of nitrogens with zero attached hydrogens (tertiary/aromatic N) is 3. The number of benzene rings is 2. The molecule has 0 atom stereocenters. The lowest BCUT2D eigenvalue weighted by Gasteiger charge is -2.21. The van der Waals surface area contributed by atoms with E-state index in [4.69, 9.17) is 11.6 Å². The number of anilines is 1. The lowest BCUT2D eigenvalue weighted by atomic mass is 10.1. The Morgan fingerprint density at radius 2 is 1.82 bits per heavy atom. The fourth-order valence-corrected chi connectivity index (χ4v) is 3.08. The Kier molecular flexibility index (Phi) is 6.98. The second kappa shape index (κ2) is 9.85. The van der Waals surface area contributed by atoms with E-state index in [1.54, 1.807) is 6.20 Å². The maximum Gasteiger partial charge on any atom is 0.271 e. The first-order valence-electron chi connectivity index (χ1n) is 9.29. The maximum atomic E-state index is 12.3. The summed E-state index contributed by atoms with van der Waals surface area (Å²) in [6, 6.07) is 17.8. The van der Waals surface area contributed by atoms with Gasteiger partial charge in [-0.1, -0.05) is 54.1 Å². The van der Waals surface area contributed by atoms with Gasteiger partial charge in [0.15, 0.2) is 0 Å². The van der Waals surface area contributed by atoms with Crippen LogP contribution in [0.15, 0.2) is 67.0 Å². The summed E-state index contributed by atoms with van der Waals surface area (Å²) >= 11 is 5.98. The normalized spacial score (nSPS) is 10.5. The average molecular weight is 395 g/mol. The van der Waals surface area contributed by atoms with Crippen molar-refractivity contribution in [3.05, 3.63) is 88.8 Å². The number of aromatic nitrogens is 2. The van der Waals surface area contributed by atoms with E-state index in [1.165, 1.54) is 11.8 Å². The summed E-state index contributed by atoms with van der Waals surface area (Å²) < 4.78 is 0. The van der Waals surface area contributed by atoms with Crippen molar-refractivity contribution in [1.29, 1.82) is 0 Å². The van der Waals surface area contributed by atoms with Gasteiger partial charge >= 0.3 is 0 Å². The monoisotopic (exact) mass is 394 g/mol. The Morgan fingerprint density at radius 3 is 2.50 bits per heavy atom. The molecule has 28 heavy (non-hydrogen) atoms. The summed E-state index contributed by atoms with van der Waals surface area (Å²) in [6.07, 6.45) is 3.88. The van der Waals surface area contributed by atoms with Gasteiger partial charge in [-0.2, -0.15) is 0 Å². The molecule has 0 bridgehead atoms. The van der Waals surface area contributed by atoms with Crippen LogP contribution in [0.3, 0.4) is 0 Å². The Labute approximate surface area is 170 Å². The van der Waals surface area contributed by atoms with Gasteiger partial charge in [-0.3, -0.25) is 4.79 Å². The van der Waals surface area contributed by atoms with Crippen molar-refractivity contribution in [2.75, 3.05) is 18.0 Å². The molecule has 0 radical (unpaired) electrons. The van der Waals surface area contributed by atoms with Gasteiger partial charge < -0.3 is 10.2 Å². The maximum absolute atomic E-state index is 12.3. The van der Waals surface area contributed by atoms with Crippen LogP contribution in [0.2, 0.25) is 5.02 Å². The van der Waals surface area contributed by atoms with Crippen molar-refractivity contribution in [3.63, 3.8) is 0 Å². The van der Waals surface area contributed by atoms with Crippen LogP contribution in [-0.4, -0.2) is 29.0 Å². The van der Waals surface area contributed by atoms with E-state index in [0.717, 1.165) is 24.5 Å². The standard InChI is InChI=1S/C22H23ClN4O/c1-2-27(16-18-7-4-3-5-8-18)21-15-25-20(14-26-21)22(28)24-12-11-17-9-6-10-19(23)13-17/h3-10,13-15H,2,11-12,16H2,1H3,(H,24,28). The number of carbonyl (C=O) groups excluding carboxylic acids is 1. The van der Waals surface area contributed by atoms with Gasteiger partial charge in [0.2, 0.25) is 0 Å². The molecule has 1 heterocycles. The zero-order valence-corrected chi connectivity index (χ0v) is 16.6. The van der Waals surface area contributed by atoms with Gasteiger partial charge in [-0.05, 0) is 36.6 Å². The minimum atomic E-state index is -0.229. The molecular formula is C22H23ClN4O. The molecule has 2 aromatic carbocycles. The predicted molar refractivity (Wildman–Crippen MR) is 113 cm³/mol. The average Bonchev–Trinajstić information content (AvgIpc) is 2.73. The topological polar surface area (TPSA) is 58.1 Å². The molecule has 144 valence electrons. The molecule has 3 aromatic rings. The van der Waals surface area contributed by atoms with Crippen LogP contribution >= 0.6 is 11.6 Å². The van der Waals surface area contributed by atoms with Crippen molar-refractivity contribution >= 4 is 23.3 Å². The Bertz CT molecular complexity index is 900. The van der Waals surface area contributed by atoms with Gasteiger partial charge in [-0.15, -0.1) is 0 Å². The highest BCUT2D eigenvalue weighted by atomic mass is 35.5. The Balaban J connectivity index is 1.55. The molecule has 0 fully saturated rings. The van der Waals surface area contributed by atoms with Crippen molar-refractivity contribution < 1.29 is 4.79 Å². The molecule has 0 aliphatic heterocycles. The van der Waals surface area contributed by atoms with Gasteiger partial charge in [0.05, 0.1) is 12.4 Å². The van der Waals surface area contributed by atoms with E-state index < -0.39 is 0 Å². The van der Waals surface area contributed by atoms with Crippen molar-refractivity contribution in [3.8, 4) is 0 Å². The lowest BCUT2D eigenvalue weighted by molar-refractivity contribution is 0.0949. The second-order valence-corrected chi connectivity index (χ2v) is 6.83. The zero-order valence-electron chi connectivity index (χ0n) is 15.8. The minimum Gasteiger partial charge on any atom is -0.351 e. The number of hydrogen-bond donors (Lipinski definition) is 1. The summed E-state index contributed by atoms with van der Waals surface area (Å²) in [6.45, 7) is 4.13. The zero-order chi connectivity index (χ0) is 19.8. The molecule has 0 spiro atoms. The number of amides is 1. The van der Waals surface area contributed by atoms with E-state index in [9.17, 15) is 4.79 Å². The van der Waals surface area contributed by atoms with E-state index in [1.807, 2.05) is 42.5 Å². The third-order valence-corrected chi connectivity index (χ3v) is 4.62. The molecule has 1 amide bonds. The van der Waals surface area contributed by atoms with Crippen molar-refractivity contribution in [2.24, 2.45) is 0 Å². The van der Waals surface area contributed by atoms with Crippen molar-refractivity contribution in [1.82, 2.24) is 15.3 Å². The van der Waals surface area contributed by atoms with Crippen LogP contribution in [0, 0.1) is 0 Å². The minimum absolute atomic E-state index is 0.229. The Morgan fingerprint density at radius 1 is 1.04 bits per heavy atom. The highest BCUT2D eigenvalue weighted by Gasteiger charge is 2.11. The molecule has 0 saturated heterocycles. The quantitative estimate of drug-likeness (QED) is 0.624. The third kappa shape index (κ3) is 5.54. The van der Waals surface area contributed by atoms with Crippen LogP contribution in [0.1, 0.15) is 28.5 Å². The van der Waals surface area contributed by atoms with Gasteiger partial charge in [0, 0.05) is 24.7 Å². The summed E-state index contributed by atoms with van der Waals surface area (Å²) in [5.74, 6) is 0.522. The number of hydrogen-bond acceptors (Lipinski definition) is 4. The van der Waals surface area contributed by atoms with Crippen LogP contribution in [0.5, 0.6) is 0 Å². The van der Waals surface area contributed by atoms with Crippen molar-refractivity contribution in [2.45, 2.75) is 19.9 Å². The molecule has 0 aliphatic rings. The number of halogens is 1. The highest BCUT2D eigenvalue weighted by Crippen LogP contribution is 2.14. The lowest BCUT2D eigenvalue weighted by Crippen LogP contribution is -2.27. The second-order valence-electron chi connectivity index (χ2n) is 6.40. The van der Waals surface area contributed by atoms with Crippen LogP contribution in [0.25, 0.3) is 0 Å². The van der Waals surface area contributed by atoms with Crippen LogP contribution in [0.4, 0.5) is 5.82 Å². The smallest absolute Gasteiger partial charge is 0.271 e. The highest BCUT2D eigenvalue weighted by molar-refractivity contribution is 6.30.